The molecule has 0 atom stereocenters. The summed E-state index contributed by atoms with van der Waals surface area (Å²) in [5.74, 6) is 0. The number of quaternary nitrogens is 1. The molecule has 0 aliphatic rings. The zero-order valence-electron chi connectivity index (χ0n) is 7.78. The zero-order chi connectivity index (χ0) is 8.04. The monoisotopic (exact) mass is 145 g/mol. The smallest absolute Gasteiger partial charge is 0.0909 e. The van der Waals surface area contributed by atoms with Crippen molar-refractivity contribution >= 4 is 0 Å². The molecular weight excluding hydrogens is 124 g/mol. The van der Waals surface area contributed by atoms with Gasteiger partial charge in [-0.05, 0) is 13.5 Å². The first-order chi connectivity index (χ1) is 4.62. The average Bonchev–Trinajstić information content (AvgIpc) is 1.84. The molecular formula is C8H21N2+. The van der Waals surface area contributed by atoms with E-state index < -0.39 is 0 Å². The molecule has 62 valence electrons. The molecule has 0 rings (SSSR count). The fraction of sp³-hybridized carbons (Fsp3) is 1.00. The summed E-state index contributed by atoms with van der Waals surface area (Å²) in [5.41, 5.74) is 0. The zero-order valence-corrected chi connectivity index (χ0v) is 7.78. The highest BCUT2D eigenvalue weighted by molar-refractivity contribution is 4.37. The molecule has 10 heavy (non-hydrogen) atoms. The van der Waals surface area contributed by atoms with E-state index in [1.807, 2.05) is 7.05 Å². The Hall–Kier alpha value is -0.0800. The van der Waals surface area contributed by atoms with Gasteiger partial charge in [-0.1, -0.05) is 6.92 Å². The van der Waals surface area contributed by atoms with Crippen LogP contribution < -0.4 is 5.32 Å². The number of nitrogens with one attached hydrogen (secondary N) is 1. The molecule has 0 radical (unpaired) electrons. The van der Waals surface area contributed by atoms with Crippen molar-refractivity contribution < 1.29 is 4.48 Å². The van der Waals surface area contributed by atoms with E-state index in [1.54, 1.807) is 0 Å². The molecule has 0 aromatic heterocycles. The number of hydrogen-bond acceptors (Lipinski definition) is 1. The minimum atomic E-state index is 1.12. The molecule has 0 heterocycles. The lowest BCUT2D eigenvalue weighted by Crippen LogP contribution is -2.44. The van der Waals surface area contributed by atoms with Gasteiger partial charge in [-0.2, -0.15) is 0 Å². The lowest BCUT2D eigenvalue weighted by Gasteiger charge is -2.29. The highest BCUT2D eigenvalue weighted by Gasteiger charge is 2.10. The van der Waals surface area contributed by atoms with E-state index in [2.05, 4.69) is 26.3 Å². The third kappa shape index (κ3) is 4.77. The molecule has 0 amide bonds. The number of rotatable bonds is 5. The summed E-state index contributed by atoms with van der Waals surface area (Å²) < 4.78 is 1.14. The van der Waals surface area contributed by atoms with Gasteiger partial charge in [0.2, 0.25) is 0 Å². The Morgan fingerprint density at radius 3 is 2.20 bits per heavy atom. The second-order valence-electron chi connectivity index (χ2n) is 3.49. The van der Waals surface area contributed by atoms with Gasteiger partial charge in [0.05, 0.1) is 27.2 Å². The van der Waals surface area contributed by atoms with Crippen LogP contribution in [0.3, 0.4) is 0 Å². The maximum atomic E-state index is 3.17. The van der Waals surface area contributed by atoms with Gasteiger partial charge in [0.1, 0.15) is 0 Å². The van der Waals surface area contributed by atoms with Crippen LogP contribution in [0.2, 0.25) is 0 Å². The topological polar surface area (TPSA) is 12.0 Å². The van der Waals surface area contributed by atoms with Gasteiger partial charge in [0, 0.05) is 6.54 Å². The van der Waals surface area contributed by atoms with E-state index >= 15 is 0 Å². The second kappa shape index (κ2) is 4.69. The summed E-state index contributed by atoms with van der Waals surface area (Å²) in [6.45, 7) is 5.86. The van der Waals surface area contributed by atoms with Gasteiger partial charge in [-0.15, -0.1) is 0 Å². The standard InChI is InChI=1S/C8H21N2/c1-5-7-10(3,4)8-6-9-2/h9H,5-8H2,1-4H3/q+1. The van der Waals surface area contributed by atoms with Crippen LogP contribution in [0.5, 0.6) is 0 Å². The molecule has 0 saturated carbocycles. The summed E-state index contributed by atoms with van der Waals surface area (Å²) in [6, 6.07) is 0. The first-order valence-corrected chi connectivity index (χ1v) is 4.09. The van der Waals surface area contributed by atoms with Crippen LogP contribution in [0, 0.1) is 0 Å². The highest BCUT2D eigenvalue weighted by atomic mass is 15.3. The summed E-state index contributed by atoms with van der Waals surface area (Å²) in [4.78, 5) is 0. The van der Waals surface area contributed by atoms with Gasteiger partial charge in [-0.25, -0.2) is 0 Å². The Kier molecular flexibility index (Phi) is 4.65. The summed E-state index contributed by atoms with van der Waals surface area (Å²) in [5, 5.41) is 3.17. The maximum absolute atomic E-state index is 3.17. The lowest BCUT2D eigenvalue weighted by atomic mass is 10.3. The summed E-state index contributed by atoms with van der Waals surface area (Å²) in [6.07, 6.45) is 1.27. The first kappa shape index (κ1) is 9.92. The largest absolute Gasteiger partial charge is 0.327 e. The lowest BCUT2D eigenvalue weighted by molar-refractivity contribution is -0.889. The maximum Gasteiger partial charge on any atom is 0.0909 e. The van der Waals surface area contributed by atoms with Crippen LogP contribution in [0.4, 0.5) is 0 Å². The van der Waals surface area contributed by atoms with E-state index in [0.29, 0.717) is 0 Å². The molecule has 0 spiro atoms. The van der Waals surface area contributed by atoms with Gasteiger partial charge in [0.15, 0.2) is 0 Å². The number of hydrogen-bond donors (Lipinski definition) is 1. The van der Waals surface area contributed by atoms with Crippen molar-refractivity contribution in [2.45, 2.75) is 13.3 Å². The predicted molar refractivity (Wildman–Crippen MR) is 46.1 cm³/mol. The van der Waals surface area contributed by atoms with Crippen molar-refractivity contribution in [2.75, 3.05) is 40.8 Å². The number of likely N-dealkylation sites (N-methyl/N-ethyl adjacent to an activating group) is 2. The first-order valence-electron chi connectivity index (χ1n) is 4.09. The molecule has 0 unspecified atom stereocenters. The molecule has 2 heteroatoms. The van der Waals surface area contributed by atoms with E-state index in [-0.39, 0.29) is 0 Å². The van der Waals surface area contributed by atoms with Gasteiger partial charge >= 0.3 is 0 Å². The minimum Gasteiger partial charge on any atom is -0.327 e. The van der Waals surface area contributed by atoms with Gasteiger partial charge in [-0.3, -0.25) is 0 Å². The van der Waals surface area contributed by atoms with Gasteiger partial charge in [0.25, 0.3) is 0 Å². The Balaban J connectivity index is 3.42. The molecule has 0 aromatic carbocycles. The third-order valence-corrected chi connectivity index (χ3v) is 1.80. The van der Waals surface area contributed by atoms with Crippen LogP contribution >= 0.6 is 0 Å². The predicted octanol–water partition coefficient (Wildman–Crippen LogP) is 0.692. The molecule has 0 fully saturated rings. The second-order valence-corrected chi connectivity index (χ2v) is 3.49. The third-order valence-electron chi connectivity index (χ3n) is 1.80. The highest BCUT2D eigenvalue weighted by Crippen LogP contribution is 1.96. The SMILES string of the molecule is CCC[N+](C)(C)CCNC. The fourth-order valence-corrected chi connectivity index (χ4v) is 1.13. The van der Waals surface area contributed by atoms with E-state index in [0.717, 1.165) is 11.0 Å². The Bertz CT molecular complexity index is 79.3. The van der Waals surface area contributed by atoms with Crippen molar-refractivity contribution in [2.24, 2.45) is 0 Å². The van der Waals surface area contributed by atoms with Crippen molar-refractivity contribution in [3.8, 4) is 0 Å². The molecule has 2 nitrogen and oxygen atoms in total. The van der Waals surface area contributed by atoms with Gasteiger partial charge < -0.3 is 9.80 Å². The van der Waals surface area contributed by atoms with Crippen LogP contribution in [0.25, 0.3) is 0 Å². The Labute approximate surface area is 64.8 Å². The molecule has 0 aromatic rings. The van der Waals surface area contributed by atoms with E-state index in [4.69, 9.17) is 0 Å². The van der Waals surface area contributed by atoms with Crippen molar-refractivity contribution in [3.05, 3.63) is 0 Å². The Morgan fingerprint density at radius 2 is 1.80 bits per heavy atom. The Morgan fingerprint density at radius 1 is 1.20 bits per heavy atom. The van der Waals surface area contributed by atoms with Crippen LogP contribution in [-0.4, -0.2) is 45.3 Å². The molecule has 0 bridgehead atoms. The van der Waals surface area contributed by atoms with Crippen LogP contribution in [0.1, 0.15) is 13.3 Å². The van der Waals surface area contributed by atoms with Crippen molar-refractivity contribution in [1.82, 2.24) is 5.32 Å². The van der Waals surface area contributed by atoms with Crippen LogP contribution in [-0.2, 0) is 0 Å². The normalized spacial score (nSPS) is 12.0. The summed E-state index contributed by atoms with van der Waals surface area (Å²) >= 11 is 0. The molecule has 0 aliphatic heterocycles. The van der Waals surface area contributed by atoms with Crippen LogP contribution in [0.15, 0.2) is 0 Å². The summed E-state index contributed by atoms with van der Waals surface area (Å²) in [7, 11) is 6.56. The average molecular weight is 145 g/mol. The quantitative estimate of drug-likeness (QED) is 0.561. The fourth-order valence-electron chi connectivity index (χ4n) is 1.13. The number of nitrogens with zero attached hydrogens (tertiary/aromatic N) is 1. The molecule has 1 N–H and O–H groups in total. The van der Waals surface area contributed by atoms with Crippen molar-refractivity contribution in [3.63, 3.8) is 0 Å². The minimum absolute atomic E-state index is 1.12. The molecule has 0 aliphatic carbocycles. The van der Waals surface area contributed by atoms with E-state index in [1.165, 1.54) is 19.5 Å². The van der Waals surface area contributed by atoms with E-state index in [9.17, 15) is 0 Å². The van der Waals surface area contributed by atoms with Crippen molar-refractivity contribution in [1.29, 1.82) is 0 Å². The molecule has 0 saturated heterocycles.